The van der Waals surface area contributed by atoms with Crippen LogP contribution in [0.25, 0.3) is 0 Å². The lowest BCUT2D eigenvalue weighted by molar-refractivity contribution is -0.139. The third-order valence-corrected chi connectivity index (χ3v) is 9.03. The van der Waals surface area contributed by atoms with Crippen molar-refractivity contribution in [2.45, 2.75) is 57.6 Å². The van der Waals surface area contributed by atoms with Crippen molar-refractivity contribution < 1.29 is 22.4 Å². The standard InChI is InChI=1S/C29H32Cl2FN3O4S/c1-5-20(3)33-29(37)21(4)34(17-22-8-15-26(30)27(31)16-22)28(36)18-35(24-11-9-23(32)10-12-24)40(38,39)25-13-6-19(2)7-14-25/h6-16,20-21H,5,17-18H2,1-4H3,(H,33,37)/t20-,21-/m1/s1. The van der Waals surface area contributed by atoms with E-state index >= 15 is 0 Å². The highest BCUT2D eigenvalue weighted by Crippen LogP contribution is 2.27. The van der Waals surface area contributed by atoms with E-state index in [1.54, 1.807) is 37.3 Å². The van der Waals surface area contributed by atoms with Gasteiger partial charge in [-0.3, -0.25) is 13.9 Å². The van der Waals surface area contributed by atoms with E-state index in [1.165, 1.54) is 29.2 Å². The van der Waals surface area contributed by atoms with Crippen LogP contribution in [-0.4, -0.2) is 43.8 Å². The Labute approximate surface area is 244 Å². The fourth-order valence-electron chi connectivity index (χ4n) is 3.86. The molecule has 0 bridgehead atoms. The van der Waals surface area contributed by atoms with Gasteiger partial charge in [0.1, 0.15) is 18.4 Å². The zero-order valence-corrected chi connectivity index (χ0v) is 25.0. The molecule has 0 aromatic heterocycles. The topological polar surface area (TPSA) is 86.8 Å². The second-order valence-corrected chi connectivity index (χ2v) is 12.2. The van der Waals surface area contributed by atoms with E-state index in [0.29, 0.717) is 17.0 Å². The molecule has 11 heteroatoms. The average Bonchev–Trinajstić information content (AvgIpc) is 2.92. The van der Waals surface area contributed by atoms with Gasteiger partial charge < -0.3 is 10.2 Å². The number of nitrogens with zero attached hydrogens (tertiary/aromatic N) is 2. The predicted octanol–water partition coefficient (Wildman–Crippen LogP) is 5.97. The summed E-state index contributed by atoms with van der Waals surface area (Å²) in [5.41, 5.74) is 1.56. The Morgan fingerprint density at radius 3 is 2.15 bits per heavy atom. The third-order valence-electron chi connectivity index (χ3n) is 6.51. The highest BCUT2D eigenvalue weighted by atomic mass is 35.5. The summed E-state index contributed by atoms with van der Waals surface area (Å²) >= 11 is 12.2. The van der Waals surface area contributed by atoms with Crippen LogP contribution in [-0.2, 0) is 26.2 Å². The monoisotopic (exact) mass is 607 g/mol. The molecule has 0 saturated heterocycles. The number of aryl methyl sites for hydroxylation is 1. The zero-order valence-electron chi connectivity index (χ0n) is 22.7. The molecule has 1 N–H and O–H groups in total. The molecule has 0 heterocycles. The van der Waals surface area contributed by atoms with E-state index < -0.39 is 40.2 Å². The third kappa shape index (κ3) is 7.74. The molecule has 214 valence electrons. The normalized spacial score (nSPS) is 12.9. The van der Waals surface area contributed by atoms with E-state index in [4.69, 9.17) is 23.2 Å². The Balaban J connectivity index is 2.03. The summed E-state index contributed by atoms with van der Waals surface area (Å²) in [5.74, 6) is -1.59. The molecular weight excluding hydrogens is 576 g/mol. The zero-order chi connectivity index (χ0) is 29.6. The molecular formula is C29H32Cl2FN3O4S. The molecule has 0 saturated carbocycles. The van der Waals surface area contributed by atoms with Crippen molar-refractivity contribution >= 4 is 50.7 Å². The molecule has 0 unspecified atom stereocenters. The maximum Gasteiger partial charge on any atom is 0.264 e. The van der Waals surface area contributed by atoms with Gasteiger partial charge >= 0.3 is 0 Å². The molecule has 0 spiro atoms. The van der Waals surface area contributed by atoms with Gasteiger partial charge in [0.05, 0.1) is 20.6 Å². The Bertz CT molecular complexity index is 1450. The van der Waals surface area contributed by atoms with Crippen LogP contribution in [0.3, 0.4) is 0 Å². The molecule has 0 radical (unpaired) electrons. The van der Waals surface area contributed by atoms with Gasteiger partial charge in [0.2, 0.25) is 11.8 Å². The molecule has 2 atom stereocenters. The van der Waals surface area contributed by atoms with Crippen molar-refractivity contribution in [1.82, 2.24) is 10.2 Å². The summed E-state index contributed by atoms with van der Waals surface area (Å²) < 4.78 is 42.2. The molecule has 0 aliphatic carbocycles. The number of halogens is 3. The summed E-state index contributed by atoms with van der Waals surface area (Å²) in [5, 5.41) is 3.48. The summed E-state index contributed by atoms with van der Waals surface area (Å²) in [6.07, 6.45) is 0.687. The fraction of sp³-hybridized carbons (Fsp3) is 0.310. The van der Waals surface area contributed by atoms with Crippen molar-refractivity contribution in [3.8, 4) is 0 Å². The van der Waals surface area contributed by atoms with Crippen molar-refractivity contribution in [2.75, 3.05) is 10.8 Å². The highest BCUT2D eigenvalue weighted by Gasteiger charge is 2.33. The predicted molar refractivity (Wildman–Crippen MR) is 156 cm³/mol. The number of carbonyl (C=O) groups excluding carboxylic acids is 2. The Kier molecular flexibility index (Phi) is 10.6. The fourth-order valence-corrected chi connectivity index (χ4v) is 5.59. The lowest BCUT2D eigenvalue weighted by Crippen LogP contribution is -2.52. The van der Waals surface area contributed by atoms with E-state index in [2.05, 4.69) is 5.32 Å². The van der Waals surface area contributed by atoms with E-state index in [0.717, 1.165) is 22.0 Å². The SMILES string of the molecule is CC[C@@H](C)NC(=O)[C@@H](C)N(Cc1ccc(Cl)c(Cl)c1)C(=O)CN(c1ccc(F)cc1)S(=O)(=O)c1ccc(C)cc1. The summed E-state index contributed by atoms with van der Waals surface area (Å²) in [6.45, 7) is 6.50. The lowest BCUT2D eigenvalue weighted by atomic mass is 10.1. The van der Waals surface area contributed by atoms with Crippen LogP contribution in [0.5, 0.6) is 0 Å². The summed E-state index contributed by atoms with van der Waals surface area (Å²) in [7, 11) is -4.24. The number of amides is 2. The van der Waals surface area contributed by atoms with Gasteiger partial charge in [-0.15, -0.1) is 0 Å². The van der Waals surface area contributed by atoms with Crippen LogP contribution in [0.1, 0.15) is 38.3 Å². The van der Waals surface area contributed by atoms with Gasteiger partial charge in [0.15, 0.2) is 0 Å². The van der Waals surface area contributed by atoms with E-state index in [9.17, 15) is 22.4 Å². The number of hydrogen-bond acceptors (Lipinski definition) is 4. The first kappa shape index (κ1) is 31.4. The summed E-state index contributed by atoms with van der Waals surface area (Å²) in [6, 6.07) is 14.8. The number of benzene rings is 3. The number of rotatable bonds is 11. The minimum Gasteiger partial charge on any atom is -0.352 e. The van der Waals surface area contributed by atoms with Gasteiger partial charge in [0, 0.05) is 12.6 Å². The van der Waals surface area contributed by atoms with Crippen LogP contribution in [0, 0.1) is 12.7 Å². The Morgan fingerprint density at radius 2 is 1.57 bits per heavy atom. The molecule has 3 aromatic carbocycles. The smallest absolute Gasteiger partial charge is 0.264 e. The van der Waals surface area contributed by atoms with Crippen LogP contribution < -0.4 is 9.62 Å². The summed E-state index contributed by atoms with van der Waals surface area (Å²) in [4.78, 5) is 28.2. The van der Waals surface area contributed by atoms with Gasteiger partial charge in [-0.05, 0) is 81.3 Å². The van der Waals surface area contributed by atoms with Crippen LogP contribution in [0.2, 0.25) is 10.0 Å². The molecule has 0 aliphatic heterocycles. The Hall–Kier alpha value is -3.14. The maximum absolute atomic E-state index is 13.9. The van der Waals surface area contributed by atoms with Crippen LogP contribution in [0.15, 0.2) is 71.6 Å². The first-order valence-electron chi connectivity index (χ1n) is 12.7. The van der Waals surface area contributed by atoms with Gasteiger partial charge in [0.25, 0.3) is 10.0 Å². The maximum atomic E-state index is 13.9. The van der Waals surface area contributed by atoms with E-state index in [-0.39, 0.29) is 28.2 Å². The first-order chi connectivity index (χ1) is 18.8. The molecule has 3 rings (SSSR count). The van der Waals surface area contributed by atoms with Crippen molar-refractivity contribution in [2.24, 2.45) is 0 Å². The molecule has 0 aliphatic rings. The van der Waals surface area contributed by atoms with Gasteiger partial charge in [-0.1, -0.05) is 53.9 Å². The quantitative estimate of drug-likeness (QED) is 0.291. The largest absolute Gasteiger partial charge is 0.352 e. The second-order valence-electron chi connectivity index (χ2n) is 9.57. The number of carbonyl (C=O) groups is 2. The molecule has 2 amide bonds. The highest BCUT2D eigenvalue weighted by molar-refractivity contribution is 7.92. The molecule has 7 nitrogen and oxygen atoms in total. The lowest BCUT2D eigenvalue weighted by Gasteiger charge is -2.32. The number of nitrogens with one attached hydrogen (secondary N) is 1. The van der Waals surface area contributed by atoms with Crippen LogP contribution >= 0.6 is 23.2 Å². The number of sulfonamides is 1. The molecule has 0 fully saturated rings. The minimum atomic E-state index is -4.24. The van der Waals surface area contributed by atoms with Crippen molar-refractivity contribution in [3.63, 3.8) is 0 Å². The molecule has 40 heavy (non-hydrogen) atoms. The van der Waals surface area contributed by atoms with Gasteiger partial charge in [-0.2, -0.15) is 0 Å². The minimum absolute atomic E-state index is 0.0335. The first-order valence-corrected chi connectivity index (χ1v) is 14.9. The number of hydrogen-bond donors (Lipinski definition) is 1. The number of anilines is 1. The second kappa shape index (κ2) is 13.5. The van der Waals surface area contributed by atoms with Gasteiger partial charge in [-0.25, -0.2) is 12.8 Å². The van der Waals surface area contributed by atoms with Crippen LogP contribution in [0.4, 0.5) is 10.1 Å². The van der Waals surface area contributed by atoms with Crippen molar-refractivity contribution in [1.29, 1.82) is 0 Å². The average molecular weight is 609 g/mol. The van der Waals surface area contributed by atoms with Crippen molar-refractivity contribution in [3.05, 3.63) is 93.7 Å². The van der Waals surface area contributed by atoms with E-state index in [1.807, 2.05) is 20.8 Å². The Morgan fingerprint density at radius 1 is 0.950 bits per heavy atom. The molecule has 3 aromatic rings.